The SMILES string of the molecule is COc1ccc(N[C@H](c2ccc([N+](=O)[O-])cc2)n2nnc3ccccc32)cc1. The highest BCUT2D eigenvalue weighted by Gasteiger charge is 2.19. The zero-order chi connectivity index (χ0) is 19.5. The lowest BCUT2D eigenvalue weighted by molar-refractivity contribution is -0.384. The highest BCUT2D eigenvalue weighted by Crippen LogP contribution is 2.27. The van der Waals surface area contributed by atoms with E-state index in [1.54, 1.807) is 23.9 Å². The number of nitro benzene ring substituents is 1. The summed E-state index contributed by atoms with van der Waals surface area (Å²) in [7, 11) is 1.61. The molecule has 0 spiro atoms. The summed E-state index contributed by atoms with van der Waals surface area (Å²) in [5.41, 5.74) is 3.33. The van der Waals surface area contributed by atoms with E-state index in [2.05, 4.69) is 15.6 Å². The summed E-state index contributed by atoms with van der Waals surface area (Å²) < 4.78 is 6.97. The summed E-state index contributed by atoms with van der Waals surface area (Å²) >= 11 is 0. The Balaban J connectivity index is 1.76. The van der Waals surface area contributed by atoms with Crippen LogP contribution in [0.2, 0.25) is 0 Å². The van der Waals surface area contributed by atoms with Gasteiger partial charge in [0.25, 0.3) is 5.69 Å². The first kappa shape index (κ1) is 17.5. The van der Waals surface area contributed by atoms with Gasteiger partial charge in [-0.25, -0.2) is 4.68 Å². The van der Waals surface area contributed by atoms with E-state index in [9.17, 15) is 10.1 Å². The van der Waals surface area contributed by atoms with Crippen LogP contribution in [0, 0.1) is 10.1 Å². The molecule has 1 aromatic heterocycles. The third-order valence-electron chi connectivity index (χ3n) is 4.43. The number of nitro groups is 1. The second-order valence-electron chi connectivity index (χ2n) is 6.15. The Labute approximate surface area is 160 Å². The molecule has 8 heteroatoms. The molecule has 3 aromatic carbocycles. The molecular formula is C20H17N5O3. The van der Waals surface area contributed by atoms with Crippen molar-refractivity contribution in [1.29, 1.82) is 0 Å². The molecule has 0 unspecified atom stereocenters. The van der Waals surface area contributed by atoms with Crippen molar-refractivity contribution in [3.63, 3.8) is 0 Å². The lowest BCUT2D eigenvalue weighted by Crippen LogP contribution is -2.21. The number of nitrogens with one attached hydrogen (secondary N) is 1. The van der Waals surface area contributed by atoms with Crippen molar-refractivity contribution in [3.05, 3.63) is 88.5 Å². The molecule has 28 heavy (non-hydrogen) atoms. The minimum atomic E-state index is -0.416. The number of methoxy groups -OCH3 is 1. The van der Waals surface area contributed by atoms with Gasteiger partial charge in [0.2, 0.25) is 0 Å². The molecule has 0 fully saturated rings. The molecule has 0 aliphatic heterocycles. The van der Waals surface area contributed by atoms with Crippen LogP contribution in [0.3, 0.4) is 0 Å². The highest BCUT2D eigenvalue weighted by molar-refractivity contribution is 5.74. The van der Waals surface area contributed by atoms with Crippen molar-refractivity contribution in [1.82, 2.24) is 15.0 Å². The maximum Gasteiger partial charge on any atom is 0.269 e. The van der Waals surface area contributed by atoms with Crippen molar-refractivity contribution >= 4 is 22.4 Å². The standard InChI is InChI=1S/C20H17N5O3/c1-28-17-12-8-15(9-13-17)21-20(14-6-10-16(11-7-14)25(26)27)24-19-5-3-2-4-18(19)22-23-24/h2-13,20-21H,1H3/t20-/m0/s1. The number of rotatable bonds is 6. The zero-order valence-corrected chi connectivity index (χ0v) is 15.0. The Kier molecular flexibility index (Phi) is 4.59. The third kappa shape index (κ3) is 3.35. The molecular weight excluding hydrogens is 358 g/mol. The Morgan fingerprint density at radius 1 is 1.04 bits per heavy atom. The van der Waals surface area contributed by atoms with Gasteiger partial charge in [0.1, 0.15) is 17.4 Å². The van der Waals surface area contributed by atoms with Crippen LogP contribution < -0.4 is 10.1 Å². The van der Waals surface area contributed by atoms with Gasteiger partial charge < -0.3 is 10.1 Å². The van der Waals surface area contributed by atoms with Gasteiger partial charge in [-0.05, 0) is 54.1 Å². The van der Waals surface area contributed by atoms with E-state index in [1.165, 1.54) is 12.1 Å². The number of nitrogens with zero attached hydrogens (tertiary/aromatic N) is 4. The van der Waals surface area contributed by atoms with Gasteiger partial charge >= 0.3 is 0 Å². The van der Waals surface area contributed by atoms with Gasteiger partial charge in [-0.3, -0.25) is 10.1 Å². The van der Waals surface area contributed by atoms with E-state index in [1.807, 2.05) is 48.5 Å². The first-order valence-electron chi connectivity index (χ1n) is 8.60. The van der Waals surface area contributed by atoms with Crippen molar-refractivity contribution in [2.75, 3.05) is 12.4 Å². The Morgan fingerprint density at radius 3 is 2.43 bits per heavy atom. The quantitative estimate of drug-likeness (QED) is 0.404. The van der Waals surface area contributed by atoms with Gasteiger partial charge in [-0.15, -0.1) is 5.10 Å². The summed E-state index contributed by atoms with van der Waals surface area (Å²) in [4.78, 5) is 10.6. The van der Waals surface area contributed by atoms with E-state index >= 15 is 0 Å². The molecule has 1 atom stereocenters. The minimum Gasteiger partial charge on any atom is -0.497 e. The Morgan fingerprint density at radius 2 is 1.75 bits per heavy atom. The number of non-ortho nitro benzene ring substituents is 1. The molecule has 1 N–H and O–H groups in total. The fourth-order valence-electron chi connectivity index (χ4n) is 2.99. The van der Waals surface area contributed by atoms with E-state index in [0.29, 0.717) is 0 Å². The van der Waals surface area contributed by atoms with Gasteiger partial charge in [-0.1, -0.05) is 17.3 Å². The lowest BCUT2D eigenvalue weighted by Gasteiger charge is -2.21. The highest BCUT2D eigenvalue weighted by atomic mass is 16.6. The summed E-state index contributed by atoms with van der Waals surface area (Å²) in [5.74, 6) is 0.753. The fraction of sp³-hybridized carbons (Fsp3) is 0.100. The van der Waals surface area contributed by atoms with Crippen LogP contribution in [0.4, 0.5) is 11.4 Å². The summed E-state index contributed by atoms with van der Waals surface area (Å²) in [6.07, 6.45) is -0.401. The fourth-order valence-corrected chi connectivity index (χ4v) is 2.99. The minimum absolute atomic E-state index is 0.0374. The molecule has 8 nitrogen and oxygen atoms in total. The summed E-state index contributed by atoms with van der Waals surface area (Å²) in [6, 6.07) is 21.6. The average Bonchev–Trinajstić information content (AvgIpc) is 3.16. The van der Waals surface area contributed by atoms with Crippen LogP contribution in [0.15, 0.2) is 72.8 Å². The Bertz CT molecular complexity index is 1110. The maximum absolute atomic E-state index is 11.0. The molecule has 4 rings (SSSR count). The number of hydrogen-bond acceptors (Lipinski definition) is 6. The number of benzene rings is 3. The average molecular weight is 375 g/mol. The number of anilines is 1. The van der Waals surface area contributed by atoms with E-state index < -0.39 is 11.1 Å². The van der Waals surface area contributed by atoms with E-state index in [0.717, 1.165) is 28.0 Å². The predicted molar refractivity (Wildman–Crippen MR) is 105 cm³/mol. The predicted octanol–water partition coefficient (Wildman–Crippen LogP) is 4.01. The smallest absolute Gasteiger partial charge is 0.269 e. The maximum atomic E-state index is 11.0. The van der Waals surface area contributed by atoms with Crippen molar-refractivity contribution in [2.24, 2.45) is 0 Å². The molecule has 4 aromatic rings. The molecule has 140 valence electrons. The first-order chi connectivity index (χ1) is 13.7. The zero-order valence-electron chi connectivity index (χ0n) is 15.0. The topological polar surface area (TPSA) is 95.1 Å². The first-order valence-corrected chi connectivity index (χ1v) is 8.60. The van der Waals surface area contributed by atoms with Crippen LogP contribution in [0.25, 0.3) is 11.0 Å². The number of fused-ring (bicyclic) bond motifs is 1. The molecule has 0 saturated carbocycles. The van der Waals surface area contributed by atoms with Crippen LogP contribution in [0.1, 0.15) is 11.7 Å². The number of para-hydroxylation sites is 1. The second-order valence-corrected chi connectivity index (χ2v) is 6.15. The molecule has 0 amide bonds. The van der Waals surface area contributed by atoms with Gasteiger partial charge in [-0.2, -0.15) is 0 Å². The normalized spacial score (nSPS) is 11.9. The number of aromatic nitrogens is 3. The molecule has 0 aliphatic rings. The molecule has 1 heterocycles. The molecule has 0 bridgehead atoms. The van der Waals surface area contributed by atoms with Crippen LogP contribution >= 0.6 is 0 Å². The molecule has 0 radical (unpaired) electrons. The number of hydrogen-bond donors (Lipinski definition) is 1. The molecule has 0 aliphatic carbocycles. The van der Waals surface area contributed by atoms with Gasteiger partial charge in [0.15, 0.2) is 0 Å². The van der Waals surface area contributed by atoms with Gasteiger partial charge in [0, 0.05) is 17.8 Å². The summed E-state index contributed by atoms with van der Waals surface area (Å²) in [5, 5.41) is 22.9. The number of ether oxygens (including phenoxy) is 1. The van der Waals surface area contributed by atoms with Crippen molar-refractivity contribution < 1.29 is 9.66 Å². The van der Waals surface area contributed by atoms with Gasteiger partial charge in [0.05, 0.1) is 17.5 Å². The lowest BCUT2D eigenvalue weighted by atomic mass is 10.1. The summed E-state index contributed by atoms with van der Waals surface area (Å²) in [6.45, 7) is 0. The van der Waals surface area contributed by atoms with E-state index in [4.69, 9.17) is 4.74 Å². The van der Waals surface area contributed by atoms with Crippen molar-refractivity contribution in [2.45, 2.75) is 6.17 Å². The van der Waals surface area contributed by atoms with Crippen LogP contribution in [0.5, 0.6) is 5.75 Å². The van der Waals surface area contributed by atoms with Crippen LogP contribution in [-0.2, 0) is 0 Å². The van der Waals surface area contributed by atoms with Crippen LogP contribution in [-0.4, -0.2) is 27.0 Å². The van der Waals surface area contributed by atoms with E-state index in [-0.39, 0.29) is 5.69 Å². The molecule has 0 saturated heterocycles. The monoisotopic (exact) mass is 375 g/mol. The Hall–Kier alpha value is -3.94. The second kappa shape index (κ2) is 7.36. The van der Waals surface area contributed by atoms with Crippen molar-refractivity contribution in [3.8, 4) is 5.75 Å². The third-order valence-corrected chi connectivity index (χ3v) is 4.43. The largest absolute Gasteiger partial charge is 0.497 e.